The molecule has 0 saturated carbocycles. The van der Waals surface area contributed by atoms with E-state index in [-0.39, 0.29) is 17.9 Å². The maximum absolute atomic E-state index is 13.1. The van der Waals surface area contributed by atoms with E-state index in [1.807, 2.05) is 40.6 Å². The van der Waals surface area contributed by atoms with Crippen LogP contribution in [0, 0.1) is 6.92 Å². The molecule has 1 saturated heterocycles. The minimum atomic E-state index is -0.208. The van der Waals surface area contributed by atoms with Gasteiger partial charge in [0.15, 0.2) is 0 Å². The fourth-order valence-electron chi connectivity index (χ4n) is 4.25. The number of piperazine rings is 1. The molecule has 4 aromatic rings. The van der Waals surface area contributed by atoms with E-state index in [9.17, 15) is 9.59 Å². The Morgan fingerprint density at radius 1 is 1.09 bits per heavy atom. The van der Waals surface area contributed by atoms with Gasteiger partial charge in [-0.05, 0) is 36.9 Å². The number of aromatic amines is 1. The average Bonchev–Trinajstić information content (AvgIpc) is 3.53. The van der Waals surface area contributed by atoms with Crippen LogP contribution in [-0.4, -0.2) is 56.6 Å². The second kappa shape index (κ2) is 9.68. The van der Waals surface area contributed by atoms with Crippen molar-refractivity contribution in [2.75, 3.05) is 36.4 Å². The highest BCUT2D eigenvalue weighted by atomic mass is 32.1. The van der Waals surface area contributed by atoms with Crippen molar-refractivity contribution in [3.05, 3.63) is 74.3 Å². The van der Waals surface area contributed by atoms with E-state index in [0.717, 1.165) is 13.1 Å². The summed E-state index contributed by atoms with van der Waals surface area (Å²) in [6.45, 7) is 5.39. The summed E-state index contributed by atoms with van der Waals surface area (Å²) in [5.74, 6) is 0.879. The molecule has 5 rings (SSSR count). The number of nitrogens with zero attached hydrogens (tertiary/aromatic N) is 5. The van der Waals surface area contributed by atoms with E-state index in [1.165, 1.54) is 15.1 Å². The molecule has 3 aromatic heterocycles. The second-order valence-electron chi connectivity index (χ2n) is 8.32. The fraction of sp³-hybridized carbons (Fsp3) is 0.333. The standard InChI is InChI=1S/C24H27N7O2S/c1-17-20(9-10-21(32)30-13-11-29(12-14-30)18-6-3-2-4-7-18)22(33)31-24(26-17)27-23(28-31)25-16-19-8-5-15-34-19/h2-8,15H,9-14,16H2,1H3,(H2,25,26,27,28). The molecule has 9 nitrogen and oxygen atoms in total. The van der Waals surface area contributed by atoms with Crippen molar-refractivity contribution in [3.8, 4) is 0 Å². The zero-order valence-electron chi connectivity index (χ0n) is 19.0. The molecule has 1 aromatic carbocycles. The molecule has 34 heavy (non-hydrogen) atoms. The molecule has 0 aliphatic carbocycles. The lowest BCUT2D eigenvalue weighted by Crippen LogP contribution is -2.48. The summed E-state index contributed by atoms with van der Waals surface area (Å²) in [7, 11) is 0. The number of carbonyl (C=O) groups is 1. The Kier molecular flexibility index (Phi) is 6.31. The maximum atomic E-state index is 13.1. The van der Waals surface area contributed by atoms with E-state index in [0.29, 0.717) is 49.0 Å². The Morgan fingerprint density at radius 3 is 2.62 bits per heavy atom. The maximum Gasteiger partial charge on any atom is 0.277 e. The Morgan fingerprint density at radius 2 is 1.88 bits per heavy atom. The second-order valence-corrected chi connectivity index (χ2v) is 9.36. The molecule has 1 aliphatic rings. The van der Waals surface area contributed by atoms with Gasteiger partial charge in [-0.25, -0.2) is 4.98 Å². The van der Waals surface area contributed by atoms with Crippen molar-refractivity contribution in [2.24, 2.45) is 0 Å². The molecular weight excluding hydrogens is 450 g/mol. The van der Waals surface area contributed by atoms with Crippen molar-refractivity contribution in [3.63, 3.8) is 0 Å². The number of aryl methyl sites for hydroxylation is 1. The van der Waals surface area contributed by atoms with Gasteiger partial charge in [0.2, 0.25) is 11.9 Å². The van der Waals surface area contributed by atoms with Gasteiger partial charge in [-0.1, -0.05) is 24.3 Å². The van der Waals surface area contributed by atoms with Crippen molar-refractivity contribution < 1.29 is 4.79 Å². The van der Waals surface area contributed by atoms with Gasteiger partial charge in [-0.15, -0.1) is 11.3 Å². The van der Waals surface area contributed by atoms with Gasteiger partial charge < -0.3 is 15.1 Å². The van der Waals surface area contributed by atoms with E-state index in [1.54, 1.807) is 18.3 Å². The largest absolute Gasteiger partial charge is 0.368 e. The molecule has 4 heterocycles. The summed E-state index contributed by atoms with van der Waals surface area (Å²) < 4.78 is 1.35. The first kappa shape index (κ1) is 22.1. The van der Waals surface area contributed by atoms with Gasteiger partial charge in [0.1, 0.15) is 0 Å². The first-order valence-corrected chi connectivity index (χ1v) is 12.3. The highest BCUT2D eigenvalue weighted by Gasteiger charge is 2.22. The van der Waals surface area contributed by atoms with Crippen LogP contribution in [0.5, 0.6) is 0 Å². The summed E-state index contributed by atoms with van der Waals surface area (Å²) in [6.07, 6.45) is 0.641. The normalized spacial score (nSPS) is 14.0. The monoisotopic (exact) mass is 477 g/mol. The van der Waals surface area contributed by atoms with Crippen molar-refractivity contribution in [1.82, 2.24) is 24.5 Å². The third kappa shape index (κ3) is 4.67. The number of thiophene rings is 1. The number of hydrogen-bond acceptors (Lipinski definition) is 7. The minimum Gasteiger partial charge on any atom is -0.368 e. The lowest BCUT2D eigenvalue weighted by atomic mass is 10.1. The van der Waals surface area contributed by atoms with Crippen molar-refractivity contribution >= 4 is 34.7 Å². The topological polar surface area (TPSA) is 98.6 Å². The molecule has 1 fully saturated rings. The summed E-state index contributed by atoms with van der Waals surface area (Å²) >= 11 is 1.65. The van der Waals surface area contributed by atoms with Crippen molar-refractivity contribution in [2.45, 2.75) is 26.3 Å². The molecule has 10 heteroatoms. The lowest BCUT2D eigenvalue weighted by Gasteiger charge is -2.36. The van der Waals surface area contributed by atoms with Crippen molar-refractivity contribution in [1.29, 1.82) is 0 Å². The Labute approximate surface area is 201 Å². The van der Waals surface area contributed by atoms with E-state index < -0.39 is 0 Å². The van der Waals surface area contributed by atoms with Crippen LogP contribution < -0.4 is 15.8 Å². The van der Waals surface area contributed by atoms with Crippen LogP contribution in [0.2, 0.25) is 0 Å². The number of carbonyl (C=O) groups excluding carboxylic acids is 1. The van der Waals surface area contributed by atoms with Gasteiger partial charge in [0.25, 0.3) is 11.3 Å². The third-order valence-corrected chi connectivity index (χ3v) is 7.02. The van der Waals surface area contributed by atoms with Crippen LogP contribution in [0.25, 0.3) is 5.78 Å². The fourth-order valence-corrected chi connectivity index (χ4v) is 4.89. The van der Waals surface area contributed by atoms with Gasteiger partial charge in [-0.3, -0.25) is 14.7 Å². The number of amides is 1. The number of anilines is 2. The Balaban J connectivity index is 1.21. The van der Waals surface area contributed by atoms with Gasteiger partial charge >= 0.3 is 0 Å². The average molecular weight is 478 g/mol. The molecule has 1 amide bonds. The van der Waals surface area contributed by atoms with E-state index >= 15 is 0 Å². The molecule has 0 bridgehead atoms. The quantitative estimate of drug-likeness (QED) is 0.425. The SMILES string of the molecule is Cc1nc2nc(NCc3cccs3)[nH]n2c(=O)c1CCC(=O)N1CCN(c2ccccc2)CC1. The number of para-hydroxylation sites is 1. The number of aromatic nitrogens is 4. The Hall–Kier alpha value is -3.66. The predicted octanol–water partition coefficient (Wildman–Crippen LogP) is 2.68. The van der Waals surface area contributed by atoms with Gasteiger partial charge in [-0.2, -0.15) is 9.50 Å². The van der Waals surface area contributed by atoms with Gasteiger partial charge in [0, 0.05) is 48.7 Å². The Bertz CT molecular complexity index is 1320. The minimum absolute atomic E-state index is 0.0690. The molecule has 176 valence electrons. The third-order valence-electron chi connectivity index (χ3n) is 6.15. The number of rotatable bonds is 7. The van der Waals surface area contributed by atoms with Crippen LogP contribution >= 0.6 is 11.3 Å². The lowest BCUT2D eigenvalue weighted by molar-refractivity contribution is -0.131. The first-order chi connectivity index (χ1) is 16.6. The zero-order valence-corrected chi connectivity index (χ0v) is 19.8. The predicted molar refractivity (Wildman–Crippen MR) is 134 cm³/mol. The molecule has 0 unspecified atom stereocenters. The number of benzene rings is 1. The summed E-state index contributed by atoms with van der Waals surface area (Å²) in [5.41, 5.74) is 2.13. The van der Waals surface area contributed by atoms with E-state index in [4.69, 9.17) is 0 Å². The summed E-state index contributed by atoms with van der Waals surface area (Å²) in [5, 5.41) is 8.19. The number of H-pyrrole nitrogens is 1. The highest BCUT2D eigenvalue weighted by Crippen LogP contribution is 2.17. The number of hydrogen-bond donors (Lipinski definition) is 2. The van der Waals surface area contributed by atoms with Crippen LogP contribution in [0.3, 0.4) is 0 Å². The van der Waals surface area contributed by atoms with Crippen LogP contribution in [-0.2, 0) is 17.8 Å². The summed E-state index contributed by atoms with van der Waals surface area (Å²) in [4.78, 5) is 40.2. The van der Waals surface area contributed by atoms with Crippen LogP contribution in [0.1, 0.15) is 22.6 Å². The van der Waals surface area contributed by atoms with Crippen LogP contribution in [0.15, 0.2) is 52.6 Å². The summed E-state index contributed by atoms with van der Waals surface area (Å²) in [6, 6.07) is 14.3. The number of nitrogens with one attached hydrogen (secondary N) is 2. The van der Waals surface area contributed by atoms with Gasteiger partial charge in [0.05, 0.1) is 12.2 Å². The number of fused-ring (bicyclic) bond motifs is 1. The molecule has 0 spiro atoms. The van der Waals surface area contributed by atoms with Crippen LogP contribution in [0.4, 0.5) is 11.6 Å². The molecule has 0 atom stereocenters. The molecule has 2 N–H and O–H groups in total. The molecule has 0 radical (unpaired) electrons. The zero-order chi connectivity index (χ0) is 23.5. The smallest absolute Gasteiger partial charge is 0.277 e. The highest BCUT2D eigenvalue weighted by molar-refractivity contribution is 7.09. The molecule has 1 aliphatic heterocycles. The first-order valence-electron chi connectivity index (χ1n) is 11.4. The molecular formula is C24H27N7O2S. The van der Waals surface area contributed by atoms with E-state index in [2.05, 4.69) is 37.4 Å².